The largest absolute Gasteiger partial charge is 0.378 e. The van der Waals surface area contributed by atoms with Crippen molar-refractivity contribution in [3.05, 3.63) is 16.5 Å². The van der Waals surface area contributed by atoms with Crippen LogP contribution < -0.4 is 10.0 Å². The number of hydrogen-bond donors (Lipinski definition) is 2. The Kier molecular flexibility index (Phi) is 6.19. The zero-order valence-corrected chi connectivity index (χ0v) is 14.3. The molecule has 0 spiro atoms. The van der Waals surface area contributed by atoms with E-state index in [9.17, 15) is 8.42 Å². The first-order valence-electron chi connectivity index (χ1n) is 7.44. The van der Waals surface area contributed by atoms with Crippen molar-refractivity contribution in [1.82, 2.24) is 10.0 Å². The van der Waals surface area contributed by atoms with Crippen LogP contribution in [-0.2, 0) is 21.3 Å². The molecule has 2 heterocycles. The van der Waals surface area contributed by atoms with Gasteiger partial charge in [0.05, 0.1) is 6.10 Å². The Morgan fingerprint density at radius 2 is 2.29 bits per heavy atom. The fourth-order valence-electron chi connectivity index (χ4n) is 2.33. The molecule has 120 valence electrons. The maximum Gasteiger partial charge on any atom is 0.250 e. The summed E-state index contributed by atoms with van der Waals surface area (Å²) in [6.45, 7) is 6.82. The normalized spacial score (nSPS) is 19.2. The molecule has 0 radical (unpaired) electrons. The lowest BCUT2D eigenvalue weighted by atomic mass is 10.2. The molecule has 1 aromatic heterocycles. The van der Waals surface area contributed by atoms with E-state index in [-0.39, 0.29) is 6.10 Å². The van der Waals surface area contributed by atoms with E-state index >= 15 is 0 Å². The second-order valence-corrected chi connectivity index (χ2v) is 8.40. The van der Waals surface area contributed by atoms with Crippen LogP contribution in [0.1, 0.15) is 36.6 Å². The summed E-state index contributed by atoms with van der Waals surface area (Å²) >= 11 is 1.34. The SMILES string of the molecule is CCNCc1sc(S(=O)(=O)NCCC2CCCO2)cc1C. The summed E-state index contributed by atoms with van der Waals surface area (Å²) in [6.07, 6.45) is 3.07. The summed E-state index contributed by atoms with van der Waals surface area (Å²) in [7, 11) is -3.39. The van der Waals surface area contributed by atoms with Gasteiger partial charge in [-0.3, -0.25) is 0 Å². The summed E-state index contributed by atoms with van der Waals surface area (Å²) < 4.78 is 33.2. The monoisotopic (exact) mass is 332 g/mol. The number of nitrogens with one attached hydrogen (secondary N) is 2. The van der Waals surface area contributed by atoms with E-state index in [4.69, 9.17) is 4.74 Å². The van der Waals surface area contributed by atoms with E-state index in [0.717, 1.165) is 49.4 Å². The number of rotatable bonds is 8. The summed E-state index contributed by atoms with van der Waals surface area (Å²) in [6, 6.07) is 1.76. The Balaban J connectivity index is 1.91. The van der Waals surface area contributed by atoms with Gasteiger partial charge in [0.2, 0.25) is 10.0 Å². The van der Waals surface area contributed by atoms with Crippen molar-refractivity contribution in [3.63, 3.8) is 0 Å². The van der Waals surface area contributed by atoms with E-state index in [2.05, 4.69) is 10.0 Å². The molecule has 1 aliphatic rings. The van der Waals surface area contributed by atoms with Crippen molar-refractivity contribution in [3.8, 4) is 0 Å². The highest BCUT2D eigenvalue weighted by Crippen LogP contribution is 2.26. The molecule has 0 amide bonds. The maximum atomic E-state index is 12.3. The summed E-state index contributed by atoms with van der Waals surface area (Å²) in [5.74, 6) is 0. The molecule has 2 N–H and O–H groups in total. The smallest absolute Gasteiger partial charge is 0.250 e. The third-order valence-electron chi connectivity index (χ3n) is 3.58. The summed E-state index contributed by atoms with van der Waals surface area (Å²) in [4.78, 5) is 1.08. The van der Waals surface area contributed by atoms with Crippen LogP contribution in [0.25, 0.3) is 0 Å². The van der Waals surface area contributed by atoms with Crippen molar-refractivity contribution in [2.24, 2.45) is 0 Å². The average Bonchev–Trinajstić information content (AvgIpc) is 3.06. The van der Waals surface area contributed by atoms with Crippen molar-refractivity contribution < 1.29 is 13.2 Å². The predicted molar refractivity (Wildman–Crippen MR) is 85.2 cm³/mol. The Labute approximate surface area is 131 Å². The van der Waals surface area contributed by atoms with Crippen LogP contribution in [0, 0.1) is 6.92 Å². The van der Waals surface area contributed by atoms with E-state index in [1.54, 1.807) is 6.07 Å². The molecule has 5 nitrogen and oxygen atoms in total. The second-order valence-electron chi connectivity index (χ2n) is 5.27. The lowest BCUT2D eigenvalue weighted by Gasteiger charge is -2.09. The van der Waals surface area contributed by atoms with Crippen LogP contribution in [0.4, 0.5) is 0 Å². The molecule has 0 aromatic carbocycles. The molecule has 1 saturated heterocycles. The molecule has 1 unspecified atom stereocenters. The van der Waals surface area contributed by atoms with Crippen molar-refractivity contribution in [2.45, 2.75) is 50.0 Å². The van der Waals surface area contributed by atoms with E-state index < -0.39 is 10.0 Å². The highest BCUT2D eigenvalue weighted by atomic mass is 32.2. The van der Waals surface area contributed by atoms with E-state index in [1.165, 1.54) is 11.3 Å². The Bertz CT molecular complexity index is 549. The van der Waals surface area contributed by atoms with Gasteiger partial charge in [-0.2, -0.15) is 0 Å². The Hall–Kier alpha value is -0.470. The minimum atomic E-state index is -3.39. The second kappa shape index (κ2) is 7.69. The zero-order valence-electron chi connectivity index (χ0n) is 12.6. The lowest BCUT2D eigenvalue weighted by Crippen LogP contribution is -2.26. The Morgan fingerprint density at radius 1 is 1.48 bits per heavy atom. The van der Waals surface area contributed by atoms with Gasteiger partial charge in [0.25, 0.3) is 0 Å². The third-order valence-corrected chi connectivity index (χ3v) is 6.75. The number of thiophene rings is 1. The molecule has 7 heteroatoms. The van der Waals surface area contributed by atoms with Gasteiger partial charge in [0.15, 0.2) is 0 Å². The standard InChI is InChI=1S/C14H24N2O3S2/c1-3-15-10-13-11(2)9-14(20-13)21(17,18)16-7-6-12-5-4-8-19-12/h9,12,15-16H,3-8,10H2,1-2H3. The van der Waals surface area contributed by atoms with Crippen LogP contribution in [0.15, 0.2) is 10.3 Å². The van der Waals surface area contributed by atoms with Gasteiger partial charge < -0.3 is 10.1 Å². The van der Waals surface area contributed by atoms with Gasteiger partial charge >= 0.3 is 0 Å². The lowest BCUT2D eigenvalue weighted by molar-refractivity contribution is 0.105. The molecule has 0 bridgehead atoms. The van der Waals surface area contributed by atoms with E-state index in [1.807, 2.05) is 13.8 Å². The van der Waals surface area contributed by atoms with Gasteiger partial charge in [-0.05, 0) is 44.4 Å². The first-order chi connectivity index (χ1) is 10.0. The first kappa shape index (κ1) is 16.9. The topological polar surface area (TPSA) is 67.4 Å². The molecule has 1 atom stereocenters. The number of aryl methyl sites for hydroxylation is 1. The maximum absolute atomic E-state index is 12.3. The van der Waals surface area contributed by atoms with Crippen LogP contribution in [-0.4, -0.2) is 34.2 Å². The Morgan fingerprint density at radius 3 is 2.95 bits per heavy atom. The zero-order chi connectivity index (χ0) is 15.3. The van der Waals surface area contributed by atoms with Crippen LogP contribution in [0.2, 0.25) is 0 Å². The number of hydrogen-bond acceptors (Lipinski definition) is 5. The van der Waals surface area contributed by atoms with Crippen LogP contribution in [0.5, 0.6) is 0 Å². The molecular weight excluding hydrogens is 308 g/mol. The number of ether oxygens (including phenoxy) is 1. The quantitative estimate of drug-likeness (QED) is 0.764. The summed E-state index contributed by atoms with van der Waals surface area (Å²) in [5.41, 5.74) is 1.03. The van der Waals surface area contributed by atoms with Gasteiger partial charge in [-0.1, -0.05) is 6.92 Å². The van der Waals surface area contributed by atoms with Gasteiger partial charge in [0, 0.05) is 24.6 Å². The molecule has 0 aliphatic carbocycles. The van der Waals surface area contributed by atoms with Crippen molar-refractivity contribution in [1.29, 1.82) is 0 Å². The fraction of sp³-hybridized carbons (Fsp3) is 0.714. The first-order valence-corrected chi connectivity index (χ1v) is 9.74. The van der Waals surface area contributed by atoms with Crippen molar-refractivity contribution >= 4 is 21.4 Å². The molecular formula is C14H24N2O3S2. The minimum Gasteiger partial charge on any atom is -0.378 e. The van der Waals surface area contributed by atoms with Crippen molar-refractivity contribution in [2.75, 3.05) is 19.7 Å². The van der Waals surface area contributed by atoms with Gasteiger partial charge in [-0.25, -0.2) is 13.1 Å². The molecule has 2 rings (SSSR count). The molecule has 1 aromatic rings. The average molecular weight is 332 g/mol. The predicted octanol–water partition coefficient (Wildman–Crippen LogP) is 2.01. The molecule has 0 saturated carbocycles. The summed E-state index contributed by atoms with van der Waals surface area (Å²) in [5, 5.41) is 3.23. The van der Waals surface area contributed by atoms with Crippen LogP contribution in [0.3, 0.4) is 0 Å². The fourth-order valence-corrected chi connectivity index (χ4v) is 4.98. The highest BCUT2D eigenvalue weighted by molar-refractivity contribution is 7.91. The number of sulfonamides is 1. The van der Waals surface area contributed by atoms with Gasteiger partial charge in [0.1, 0.15) is 4.21 Å². The van der Waals surface area contributed by atoms with Gasteiger partial charge in [-0.15, -0.1) is 11.3 Å². The third kappa shape index (κ3) is 4.75. The van der Waals surface area contributed by atoms with Crippen LogP contribution >= 0.6 is 11.3 Å². The highest BCUT2D eigenvalue weighted by Gasteiger charge is 2.20. The molecule has 1 aliphatic heterocycles. The minimum absolute atomic E-state index is 0.210. The van der Waals surface area contributed by atoms with E-state index in [0.29, 0.717) is 10.8 Å². The molecule has 21 heavy (non-hydrogen) atoms. The molecule has 1 fully saturated rings.